The summed E-state index contributed by atoms with van der Waals surface area (Å²) in [5, 5.41) is 3.59. The number of carbonyl (C=O) groups is 1. The number of rotatable bonds is 5. The molecule has 0 amide bonds. The van der Waals surface area contributed by atoms with Crippen molar-refractivity contribution in [1.29, 1.82) is 0 Å². The number of hydrogen-bond acceptors (Lipinski definition) is 7. The molecule has 2 heterocycles. The lowest BCUT2D eigenvalue weighted by atomic mass is 9.71. The molecule has 2 aliphatic heterocycles. The van der Waals surface area contributed by atoms with Crippen LogP contribution in [0.25, 0.3) is 0 Å². The van der Waals surface area contributed by atoms with Crippen LogP contribution in [-0.4, -0.2) is 33.9 Å². The Hall–Kier alpha value is -4.13. The maximum atomic E-state index is 13.9. The van der Waals surface area contributed by atoms with Gasteiger partial charge in [-0.05, 0) is 54.2 Å². The van der Waals surface area contributed by atoms with Crippen LogP contribution in [0.4, 0.5) is 5.69 Å². The highest BCUT2D eigenvalue weighted by Crippen LogP contribution is 2.52. The summed E-state index contributed by atoms with van der Waals surface area (Å²) in [6, 6.07) is 16.3. The molecule has 7 nitrogen and oxygen atoms in total. The fourth-order valence-corrected chi connectivity index (χ4v) is 5.68. The molecule has 0 spiro atoms. The number of benzene rings is 3. The van der Waals surface area contributed by atoms with E-state index in [1.165, 1.54) is 5.56 Å². The Bertz CT molecular complexity index is 1400. The standard InChI is InChI=1S/C30H29NO6/c1-16-5-7-17(8-6-16)28-20-13-24-25(37-15-36-24)14-21(20)31-22-9-18(10-23(32)29(22)28)19-11-26(33-2)30(35-4)27(12-19)34-3/h5-8,11-14,18,28,31H,9-10,15H2,1-4H3/t18-,28+/m0/s1. The molecular formula is C30H29NO6. The summed E-state index contributed by atoms with van der Waals surface area (Å²) in [6.07, 6.45) is 1.07. The minimum Gasteiger partial charge on any atom is -0.493 e. The number of methoxy groups -OCH3 is 3. The van der Waals surface area contributed by atoms with Gasteiger partial charge in [-0.15, -0.1) is 0 Å². The third kappa shape index (κ3) is 3.86. The zero-order valence-electron chi connectivity index (χ0n) is 21.3. The highest BCUT2D eigenvalue weighted by Gasteiger charge is 2.39. The van der Waals surface area contributed by atoms with Gasteiger partial charge in [-0.1, -0.05) is 29.8 Å². The van der Waals surface area contributed by atoms with Crippen molar-refractivity contribution in [3.63, 3.8) is 0 Å². The molecule has 0 unspecified atom stereocenters. The predicted molar refractivity (Wildman–Crippen MR) is 139 cm³/mol. The van der Waals surface area contributed by atoms with Gasteiger partial charge in [-0.2, -0.15) is 0 Å². The van der Waals surface area contributed by atoms with Crippen molar-refractivity contribution >= 4 is 11.5 Å². The number of ketones is 1. The molecule has 1 aliphatic carbocycles. The summed E-state index contributed by atoms with van der Waals surface area (Å²) in [7, 11) is 4.79. The van der Waals surface area contributed by atoms with Crippen LogP contribution < -0.4 is 29.0 Å². The van der Waals surface area contributed by atoms with E-state index in [1.807, 2.05) is 24.3 Å². The van der Waals surface area contributed by atoms with E-state index in [9.17, 15) is 4.79 Å². The van der Waals surface area contributed by atoms with Gasteiger partial charge < -0.3 is 29.0 Å². The molecule has 190 valence electrons. The van der Waals surface area contributed by atoms with E-state index in [4.69, 9.17) is 23.7 Å². The molecule has 0 fully saturated rings. The number of Topliss-reactive ketones (excluding diaryl/α,β-unsaturated/α-hetero) is 1. The fraction of sp³-hybridized carbons (Fsp3) is 0.300. The van der Waals surface area contributed by atoms with E-state index in [2.05, 4.69) is 36.5 Å². The van der Waals surface area contributed by atoms with E-state index < -0.39 is 0 Å². The number of hydrogen-bond donors (Lipinski definition) is 1. The molecule has 7 heteroatoms. The maximum Gasteiger partial charge on any atom is 0.231 e. The van der Waals surface area contributed by atoms with Gasteiger partial charge in [0, 0.05) is 35.4 Å². The molecule has 0 saturated heterocycles. The van der Waals surface area contributed by atoms with E-state index in [0.29, 0.717) is 41.6 Å². The summed E-state index contributed by atoms with van der Waals surface area (Å²) in [6.45, 7) is 2.26. The maximum absolute atomic E-state index is 13.9. The lowest BCUT2D eigenvalue weighted by Crippen LogP contribution is -2.29. The van der Waals surface area contributed by atoms with Gasteiger partial charge in [0.05, 0.1) is 21.3 Å². The Morgan fingerprint density at radius 3 is 2.16 bits per heavy atom. The fourth-order valence-electron chi connectivity index (χ4n) is 5.68. The molecule has 0 aromatic heterocycles. The van der Waals surface area contributed by atoms with Crippen LogP contribution in [-0.2, 0) is 4.79 Å². The van der Waals surface area contributed by atoms with Crippen LogP contribution in [0.1, 0.15) is 46.9 Å². The lowest BCUT2D eigenvalue weighted by Gasteiger charge is -2.37. The minimum absolute atomic E-state index is 0.0401. The molecule has 3 aromatic rings. The first-order valence-electron chi connectivity index (χ1n) is 12.3. The smallest absolute Gasteiger partial charge is 0.231 e. The number of nitrogens with one attached hydrogen (secondary N) is 1. The van der Waals surface area contributed by atoms with Gasteiger partial charge in [-0.3, -0.25) is 4.79 Å². The van der Waals surface area contributed by atoms with Crippen molar-refractivity contribution in [2.75, 3.05) is 33.4 Å². The number of ether oxygens (including phenoxy) is 5. The van der Waals surface area contributed by atoms with Crippen LogP contribution in [0.5, 0.6) is 28.7 Å². The van der Waals surface area contributed by atoms with Gasteiger partial charge in [0.25, 0.3) is 0 Å². The highest BCUT2D eigenvalue weighted by atomic mass is 16.7. The SMILES string of the molecule is COc1cc([C@@H]2CC(=O)C3=C(C2)Nc2cc4c(cc2[C@H]3c2ccc(C)cc2)OCO4)cc(OC)c1OC. The van der Waals surface area contributed by atoms with E-state index in [1.54, 1.807) is 21.3 Å². The van der Waals surface area contributed by atoms with Crippen molar-refractivity contribution in [2.24, 2.45) is 0 Å². The Labute approximate surface area is 215 Å². The molecule has 0 bridgehead atoms. The van der Waals surface area contributed by atoms with E-state index in [0.717, 1.165) is 33.6 Å². The van der Waals surface area contributed by atoms with Gasteiger partial charge in [-0.25, -0.2) is 0 Å². The van der Waals surface area contributed by atoms with Gasteiger partial charge in [0.1, 0.15) is 0 Å². The average Bonchev–Trinajstić information content (AvgIpc) is 3.37. The van der Waals surface area contributed by atoms with Crippen molar-refractivity contribution in [3.05, 3.63) is 82.1 Å². The molecule has 37 heavy (non-hydrogen) atoms. The third-order valence-corrected chi connectivity index (χ3v) is 7.51. The number of aryl methyl sites for hydroxylation is 1. The van der Waals surface area contributed by atoms with Crippen LogP contribution in [0.15, 0.2) is 59.8 Å². The van der Waals surface area contributed by atoms with Crippen molar-refractivity contribution in [1.82, 2.24) is 0 Å². The summed E-state index contributed by atoms with van der Waals surface area (Å²) in [4.78, 5) is 13.9. The number of carbonyl (C=O) groups excluding carboxylic acids is 1. The number of anilines is 1. The Morgan fingerprint density at radius 2 is 1.51 bits per heavy atom. The monoisotopic (exact) mass is 499 g/mol. The first-order chi connectivity index (χ1) is 18.0. The van der Waals surface area contributed by atoms with Crippen LogP contribution in [0.2, 0.25) is 0 Å². The third-order valence-electron chi connectivity index (χ3n) is 7.51. The van der Waals surface area contributed by atoms with Gasteiger partial charge in [0.15, 0.2) is 28.8 Å². The minimum atomic E-state index is -0.185. The molecule has 0 saturated carbocycles. The molecule has 3 aliphatic rings. The topological polar surface area (TPSA) is 75.3 Å². The van der Waals surface area contributed by atoms with E-state index >= 15 is 0 Å². The lowest BCUT2D eigenvalue weighted by molar-refractivity contribution is -0.116. The normalized spacial score (nSPS) is 19.6. The van der Waals surface area contributed by atoms with Crippen molar-refractivity contribution < 1.29 is 28.5 Å². The molecule has 0 radical (unpaired) electrons. The molecular weight excluding hydrogens is 470 g/mol. The second kappa shape index (κ2) is 9.07. The molecule has 2 atom stereocenters. The Kier molecular flexibility index (Phi) is 5.71. The Balaban J connectivity index is 1.45. The Morgan fingerprint density at radius 1 is 0.838 bits per heavy atom. The first-order valence-corrected chi connectivity index (χ1v) is 12.3. The number of allylic oxidation sites excluding steroid dienone is 2. The largest absolute Gasteiger partial charge is 0.493 e. The predicted octanol–water partition coefficient (Wildman–Crippen LogP) is 5.71. The zero-order valence-corrected chi connectivity index (χ0v) is 21.3. The van der Waals surface area contributed by atoms with Crippen LogP contribution in [0, 0.1) is 6.92 Å². The van der Waals surface area contributed by atoms with Gasteiger partial charge >= 0.3 is 0 Å². The van der Waals surface area contributed by atoms with Gasteiger partial charge in [0.2, 0.25) is 12.5 Å². The second-order valence-corrected chi connectivity index (χ2v) is 9.64. The van der Waals surface area contributed by atoms with E-state index in [-0.39, 0.29) is 24.4 Å². The molecule has 3 aromatic carbocycles. The second-order valence-electron chi connectivity index (χ2n) is 9.64. The number of fused-ring (bicyclic) bond motifs is 2. The molecule has 1 N–H and O–H groups in total. The van der Waals surface area contributed by atoms with Crippen LogP contribution in [0.3, 0.4) is 0 Å². The van der Waals surface area contributed by atoms with Crippen molar-refractivity contribution in [3.8, 4) is 28.7 Å². The van der Waals surface area contributed by atoms with Crippen LogP contribution >= 0.6 is 0 Å². The summed E-state index contributed by atoms with van der Waals surface area (Å²) in [5.41, 5.74) is 6.94. The first kappa shape index (κ1) is 23.3. The zero-order chi connectivity index (χ0) is 25.7. The summed E-state index contributed by atoms with van der Waals surface area (Å²) >= 11 is 0. The quantitative estimate of drug-likeness (QED) is 0.482. The summed E-state index contributed by atoms with van der Waals surface area (Å²) in [5.74, 6) is 3.02. The summed E-state index contributed by atoms with van der Waals surface area (Å²) < 4.78 is 28.0. The van der Waals surface area contributed by atoms with Crippen molar-refractivity contribution in [2.45, 2.75) is 31.6 Å². The molecule has 6 rings (SSSR count). The highest BCUT2D eigenvalue weighted by molar-refractivity contribution is 6.02. The average molecular weight is 500 g/mol.